The van der Waals surface area contributed by atoms with Gasteiger partial charge >= 0.3 is 0 Å². The van der Waals surface area contributed by atoms with Crippen LogP contribution in [0.4, 0.5) is 8.78 Å². The second kappa shape index (κ2) is 7.51. The van der Waals surface area contributed by atoms with E-state index in [1.165, 1.54) is 0 Å². The molecule has 102 valence electrons. The van der Waals surface area contributed by atoms with Gasteiger partial charge in [0.25, 0.3) is 6.43 Å². The smallest absolute Gasteiger partial charge is 0.250 e. The molecule has 0 saturated heterocycles. The van der Waals surface area contributed by atoms with E-state index in [-0.39, 0.29) is 13.2 Å². The van der Waals surface area contributed by atoms with E-state index in [0.29, 0.717) is 10.8 Å². The van der Waals surface area contributed by atoms with Gasteiger partial charge < -0.3 is 15.2 Å². The minimum atomic E-state index is -2.42. The lowest BCUT2D eigenvalue weighted by molar-refractivity contribution is 0.0951. The van der Waals surface area contributed by atoms with Crippen LogP contribution in [0.1, 0.15) is 5.56 Å². The molecule has 1 aromatic rings. The quantitative estimate of drug-likeness (QED) is 0.804. The molecule has 0 spiro atoms. The van der Waals surface area contributed by atoms with Gasteiger partial charge in [-0.25, -0.2) is 8.78 Å². The Morgan fingerprint density at radius 3 is 2.72 bits per heavy atom. The number of hydrogen-bond donors (Lipinski definition) is 2. The predicted molar refractivity (Wildman–Crippen MR) is 66.6 cm³/mol. The first-order chi connectivity index (χ1) is 8.49. The highest BCUT2D eigenvalue weighted by molar-refractivity contribution is 6.31. The third-order valence-corrected chi connectivity index (χ3v) is 2.67. The third kappa shape index (κ3) is 5.62. The summed E-state index contributed by atoms with van der Waals surface area (Å²) in [6.07, 6.45) is -3.25. The Balaban J connectivity index is 2.29. The summed E-state index contributed by atoms with van der Waals surface area (Å²) in [7, 11) is 0. The molecule has 3 nitrogen and oxygen atoms in total. The number of hydrogen-bond acceptors (Lipinski definition) is 3. The van der Waals surface area contributed by atoms with Crippen LogP contribution in [0.15, 0.2) is 18.2 Å². The molecule has 6 heteroatoms. The molecule has 0 aromatic heterocycles. The van der Waals surface area contributed by atoms with E-state index in [2.05, 4.69) is 5.32 Å². The van der Waals surface area contributed by atoms with Gasteiger partial charge in [0.1, 0.15) is 18.5 Å². The highest BCUT2D eigenvalue weighted by Crippen LogP contribution is 2.20. The zero-order valence-electron chi connectivity index (χ0n) is 10.00. The monoisotopic (exact) mass is 279 g/mol. The first-order valence-corrected chi connectivity index (χ1v) is 5.92. The molecule has 1 rings (SSSR count). The number of aliphatic hydroxyl groups is 1. The van der Waals surface area contributed by atoms with Gasteiger partial charge in [-0.2, -0.15) is 0 Å². The number of benzene rings is 1. The number of nitrogens with one attached hydrogen (secondary N) is 1. The van der Waals surface area contributed by atoms with Crippen molar-refractivity contribution < 1.29 is 18.6 Å². The van der Waals surface area contributed by atoms with Crippen LogP contribution in [0.3, 0.4) is 0 Å². The molecular weight excluding hydrogens is 264 g/mol. The summed E-state index contributed by atoms with van der Waals surface area (Å²) in [5.41, 5.74) is 0.875. The lowest BCUT2D eigenvalue weighted by Crippen LogP contribution is -2.33. The van der Waals surface area contributed by atoms with Gasteiger partial charge in [-0.3, -0.25) is 0 Å². The van der Waals surface area contributed by atoms with Crippen molar-refractivity contribution in [2.75, 3.05) is 19.7 Å². The van der Waals surface area contributed by atoms with Crippen molar-refractivity contribution in [3.8, 4) is 5.75 Å². The Bertz CT molecular complexity index is 377. The van der Waals surface area contributed by atoms with Gasteiger partial charge in [0.15, 0.2) is 0 Å². The third-order valence-electron chi connectivity index (χ3n) is 2.25. The van der Waals surface area contributed by atoms with Gasteiger partial charge in [0.05, 0.1) is 6.54 Å². The topological polar surface area (TPSA) is 41.5 Å². The summed E-state index contributed by atoms with van der Waals surface area (Å²) >= 11 is 5.86. The summed E-state index contributed by atoms with van der Waals surface area (Å²) in [6.45, 7) is 1.52. The fraction of sp³-hybridized carbons (Fsp3) is 0.500. The SMILES string of the molecule is Cc1cc(OCC(O)CNCC(F)F)ccc1Cl. The fourth-order valence-electron chi connectivity index (χ4n) is 1.32. The number of aliphatic hydroxyl groups excluding tert-OH is 1. The summed E-state index contributed by atoms with van der Waals surface area (Å²) in [4.78, 5) is 0. The normalized spacial score (nSPS) is 12.8. The van der Waals surface area contributed by atoms with E-state index in [4.69, 9.17) is 16.3 Å². The van der Waals surface area contributed by atoms with E-state index in [1.807, 2.05) is 6.92 Å². The molecule has 0 heterocycles. The van der Waals surface area contributed by atoms with Crippen LogP contribution in [0.2, 0.25) is 5.02 Å². The molecule has 0 aliphatic heterocycles. The van der Waals surface area contributed by atoms with Crippen molar-refractivity contribution in [2.45, 2.75) is 19.5 Å². The average molecular weight is 280 g/mol. The Labute approximate surface area is 110 Å². The predicted octanol–water partition coefficient (Wildman–Crippen LogP) is 2.24. The van der Waals surface area contributed by atoms with Gasteiger partial charge in [-0.05, 0) is 30.7 Å². The van der Waals surface area contributed by atoms with E-state index in [1.54, 1.807) is 18.2 Å². The molecule has 0 aliphatic rings. The van der Waals surface area contributed by atoms with E-state index in [9.17, 15) is 13.9 Å². The molecule has 1 unspecified atom stereocenters. The number of ether oxygens (including phenoxy) is 1. The Morgan fingerprint density at radius 2 is 2.11 bits per heavy atom. The molecule has 1 aromatic carbocycles. The maximum atomic E-state index is 11.8. The molecule has 0 amide bonds. The molecular formula is C12H16ClF2NO2. The van der Waals surface area contributed by atoms with Crippen molar-refractivity contribution in [2.24, 2.45) is 0 Å². The van der Waals surface area contributed by atoms with Crippen LogP contribution in [-0.2, 0) is 0 Å². The summed E-state index contributed by atoms with van der Waals surface area (Å²) in [5, 5.41) is 12.6. The lowest BCUT2D eigenvalue weighted by Gasteiger charge is -2.13. The van der Waals surface area contributed by atoms with Crippen LogP contribution in [-0.4, -0.2) is 37.3 Å². The van der Waals surface area contributed by atoms with Gasteiger partial charge in [-0.15, -0.1) is 0 Å². The van der Waals surface area contributed by atoms with Gasteiger partial charge in [-0.1, -0.05) is 11.6 Å². The maximum Gasteiger partial charge on any atom is 0.250 e. The maximum absolute atomic E-state index is 11.8. The van der Waals surface area contributed by atoms with E-state index in [0.717, 1.165) is 5.56 Å². The Morgan fingerprint density at radius 1 is 1.39 bits per heavy atom. The van der Waals surface area contributed by atoms with Crippen LogP contribution in [0.25, 0.3) is 0 Å². The van der Waals surface area contributed by atoms with E-state index < -0.39 is 19.1 Å². The summed E-state index contributed by atoms with van der Waals surface area (Å²) in [5.74, 6) is 0.588. The van der Waals surface area contributed by atoms with Crippen LogP contribution in [0, 0.1) is 6.92 Å². The lowest BCUT2D eigenvalue weighted by atomic mass is 10.2. The molecule has 18 heavy (non-hydrogen) atoms. The van der Waals surface area contributed by atoms with Crippen molar-refractivity contribution in [1.82, 2.24) is 5.32 Å². The number of alkyl halides is 2. The zero-order valence-corrected chi connectivity index (χ0v) is 10.8. The zero-order chi connectivity index (χ0) is 13.5. The van der Waals surface area contributed by atoms with Crippen molar-refractivity contribution in [1.29, 1.82) is 0 Å². The van der Waals surface area contributed by atoms with Crippen molar-refractivity contribution in [3.05, 3.63) is 28.8 Å². The highest BCUT2D eigenvalue weighted by Gasteiger charge is 2.08. The highest BCUT2D eigenvalue weighted by atomic mass is 35.5. The number of aryl methyl sites for hydroxylation is 1. The second-order valence-electron chi connectivity index (χ2n) is 3.93. The van der Waals surface area contributed by atoms with Crippen molar-refractivity contribution >= 4 is 11.6 Å². The minimum Gasteiger partial charge on any atom is -0.491 e. The Kier molecular flexibility index (Phi) is 6.32. The molecule has 0 aliphatic carbocycles. The molecule has 0 saturated carbocycles. The first-order valence-electron chi connectivity index (χ1n) is 5.55. The van der Waals surface area contributed by atoms with Crippen LogP contribution in [0.5, 0.6) is 5.75 Å². The van der Waals surface area contributed by atoms with Gasteiger partial charge in [0.2, 0.25) is 0 Å². The molecule has 0 radical (unpaired) electrons. The molecule has 2 N–H and O–H groups in total. The van der Waals surface area contributed by atoms with Crippen LogP contribution >= 0.6 is 11.6 Å². The molecule has 1 atom stereocenters. The summed E-state index contributed by atoms with van der Waals surface area (Å²) in [6, 6.07) is 5.14. The minimum absolute atomic E-state index is 0.0390. The summed E-state index contributed by atoms with van der Waals surface area (Å²) < 4.78 is 29.0. The van der Waals surface area contributed by atoms with Crippen molar-refractivity contribution in [3.63, 3.8) is 0 Å². The Hall–Kier alpha value is -0.910. The fourth-order valence-corrected chi connectivity index (χ4v) is 1.43. The molecule has 0 fully saturated rings. The first kappa shape index (κ1) is 15.1. The average Bonchev–Trinajstić information content (AvgIpc) is 2.30. The number of halogens is 3. The number of rotatable bonds is 7. The van der Waals surface area contributed by atoms with E-state index >= 15 is 0 Å². The standard InChI is InChI=1S/C12H16ClF2NO2/c1-8-4-10(2-3-11(8)13)18-7-9(17)5-16-6-12(14)15/h2-4,9,12,16-17H,5-7H2,1H3. The van der Waals surface area contributed by atoms with Crippen LogP contribution < -0.4 is 10.1 Å². The van der Waals surface area contributed by atoms with Gasteiger partial charge in [0, 0.05) is 11.6 Å². The second-order valence-corrected chi connectivity index (χ2v) is 4.33. The molecule has 0 bridgehead atoms. The largest absolute Gasteiger partial charge is 0.491 e.